The summed E-state index contributed by atoms with van der Waals surface area (Å²) in [6.45, 7) is 4.25. The number of nitrogen functional groups attached to an aromatic ring is 1. The van der Waals surface area contributed by atoms with E-state index in [1.54, 1.807) is 36.4 Å². The van der Waals surface area contributed by atoms with Crippen molar-refractivity contribution in [3.8, 4) is 16.9 Å². The zero-order valence-electron chi connectivity index (χ0n) is 25.0. The molecule has 3 aromatic carbocycles. The summed E-state index contributed by atoms with van der Waals surface area (Å²) in [6, 6.07) is 19.4. The topological polar surface area (TPSA) is 131 Å². The van der Waals surface area contributed by atoms with Crippen molar-refractivity contribution in [1.82, 2.24) is 14.9 Å². The van der Waals surface area contributed by atoms with Gasteiger partial charge in [-0.2, -0.15) is 0 Å². The number of piperazine rings is 1. The number of benzene rings is 3. The van der Waals surface area contributed by atoms with Crippen molar-refractivity contribution in [3.63, 3.8) is 0 Å². The summed E-state index contributed by atoms with van der Waals surface area (Å²) in [5.41, 5.74) is 14.5. The van der Waals surface area contributed by atoms with Crippen molar-refractivity contribution in [1.29, 1.82) is 0 Å². The molecule has 1 fully saturated rings. The van der Waals surface area contributed by atoms with Gasteiger partial charge in [-0.25, -0.2) is 5.06 Å². The quantitative estimate of drug-likeness (QED) is 0.135. The number of hydroxylamine groups is 2. The van der Waals surface area contributed by atoms with Gasteiger partial charge in [-0.15, -0.1) is 0 Å². The second-order valence-electron chi connectivity index (χ2n) is 10.6. The Morgan fingerprint density at radius 3 is 2.23 bits per heavy atom. The maximum atomic E-state index is 13.7. The molecule has 4 rings (SSSR count). The molecule has 10 heteroatoms. The maximum Gasteiger partial charge on any atom is 0.277 e. The fourth-order valence-electron chi connectivity index (χ4n) is 4.97. The maximum absolute atomic E-state index is 13.7. The molecule has 10 nitrogen and oxygen atoms in total. The highest BCUT2D eigenvalue weighted by Crippen LogP contribution is 2.35. The lowest BCUT2D eigenvalue weighted by Crippen LogP contribution is -2.47. The molecule has 0 atom stereocenters. The highest BCUT2D eigenvalue weighted by molar-refractivity contribution is 6.17. The molecular weight excluding hydrogens is 546 g/mol. The van der Waals surface area contributed by atoms with Gasteiger partial charge in [0.1, 0.15) is 5.75 Å². The number of ether oxygens (including phenoxy) is 1. The number of carbonyl (C=O) groups excluding carboxylic acids is 3. The van der Waals surface area contributed by atoms with Crippen LogP contribution in [0.5, 0.6) is 5.75 Å². The number of nitrogens with two attached hydrogens (primary N) is 2. The van der Waals surface area contributed by atoms with E-state index in [-0.39, 0.29) is 29.5 Å². The number of likely N-dealkylation sites (N-methyl/N-ethyl adjacent to an activating group) is 1. The minimum Gasteiger partial charge on any atom is -0.493 e. The van der Waals surface area contributed by atoms with Crippen molar-refractivity contribution in [2.45, 2.75) is 19.3 Å². The second-order valence-corrected chi connectivity index (χ2v) is 10.6. The molecule has 0 saturated carbocycles. The number of hydrogen-bond acceptors (Lipinski definition) is 8. The van der Waals surface area contributed by atoms with Crippen LogP contribution in [0.25, 0.3) is 11.1 Å². The molecule has 228 valence electrons. The predicted molar refractivity (Wildman–Crippen MR) is 167 cm³/mol. The Morgan fingerprint density at radius 1 is 0.837 bits per heavy atom. The van der Waals surface area contributed by atoms with Crippen LogP contribution < -0.4 is 16.2 Å². The summed E-state index contributed by atoms with van der Waals surface area (Å²) in [4.78, 5) is 49.7. The van der Waals surface area contributed by atoms with E-state index >= 15 is 0 Å². The zero-order chi connectivity index (χ0) is 30.8. The molecule has 0 unspecified atom stereocenters. The van der Waals surface area contributed by atoms with E-state index in [1.165, 1.54) is 7.05 Å². The van der Waals surface area contributed by atoms with Crippen LogP contribution in [-0.2, 0) is 9.63 Å². The van der Waals surface area contributed by atoms with Gasteiger partial charge in [0.25, 0.3) is 5.91 Å². The third-order valence-corrected chi connectivity index (χ3v) is 7.48. The largest absolute Gasteiger partial charge is 0.493 e. The average molecular weight is 588 g/mol. The van der Waals surface area contributed by atoms with Gasteiger partial charge >= 0.3 is 0 Å². The third kappa shape index (κ3) is 7.98. The van der Waals surface area contributed by atoms with Crippen LogP contribution >= 0.6 is 0 Å². The first-order valence-electron chi connectivity index (χ1n) is 14.6. The van der Waals surface area contributed by atoms with E-state index in [0.29, 0.717) is 60.4 Å². The smallest absolute Gasteiger partial charge is 0.277 e. The van der Waals surface area contributed by atoms with E-state index in [4.69, 9.17) is 21.0 Å². The van der Waals surface area contributed by atoms with Crippen molar-refractivity contribution in [3.05, 3.63) is 83.4 Å². The lowest BCUT2D eigenvalue weighted by atomic mass is 9.91. The zero-order valence-corrected chi connectivity index (χ0v) is 25.0. The molecule has 43 heavy (non-hydrogen) atoms. The Balaban J connectivity index is 1.51. The van der Waals surface area contributed by atoms with Crippen LogP contribution in [0.3, 0.4) is 0 Å². The van der Waals surface area contributed by atoms with Crippen molar-refractivity contribution in [2.75, 3.05) is 65.8 Å². The first kappa shape index (κ1) is 31.7. The van der Waals surface area contributed by atoms with Gasteiger partial charge in [-0.3, -0.25) is 19.2 Å². The van der Waals surface area contributed by atoms with Gasteiger partial charge in [0.2, 0.25) is 5.91 Å². The van der Waals surface area contributed by atoms with Crippen LogP contribution in [0.4, 0.5) is 5.69 Å². The molecule has 4 N–H and O–H groups in total. The normalized spacial score (nSPS) is 13.5. The van der Waals surface area contributed by atoms with Crippen molar-refractivity contribution >= 4 is 23.3 Å². The Morgan fingerprint density at radius 2 is 1.51 bits per heavy atom. The van der Waals surface area contributed by atoms with Gasteiger partial charge < -0.3 is 26.0 Å². The Hall–Kier alpha value is -4.25. The predicted octanol–water partition coefficient (Wildman–Crippen LogP) is 3.45. The molecule has 0 aromatic heterocycles. The van der Waals surface area contributed by atoms with Crippen LogP contribution in [0.1, 0.15) is 45.5 Å². The highest BCUT2D eigenvalue weighted by atomic mass is 16.7. The van der Waals surface area contributed by atoms with Crippen LogP contribution in [0.15, 0.2) is 66.7 Å². The molecule has 1 aliphatic rings. The molecule has 1 aliphatic heterocycles. The standard InChI is InChI=1S/C33H41N5O5/c1-36-18-20-38(21-19-36)29(39)14-8-23-43-37(2)33(41)26-15-16-27(31(35)30(26)24-10-4-3-5-11-24)32(40)25-12-6-7-13-28(25)42-22-9-17-34/h3-7,10-13,15-16H,8-9,14,17-23,34-35H2,1-2H3. The summed E-state index contributed by atoms with van der Waals surface area (Å²) in [6.07, 6.45) is 1.49. The van der Waals surface area contributed by atoms with Gasteiger partial charge in [0.05, 0.1) is 30.0 Å². The van der Waals surface area contributed by atoms with Crippen LogP contribution in [-0.4, -0.2) is 92.5 Å². The number of amides is 2. The summed E-state index contributed by atoms with van der Waals surface area (Å²) >= 11 is 0. The Kier molecular flexibility index (Phi) is 11.3. The number of hydrogen-bond donors (Lipinski definition) is 2. The van der Waals surface area contributed by atoms with Gasteiger partial charge in [0, 0.05) is 50.8 Å². The highest BCUT2D eigenvalue weighted by Gasteiger charge is 2.25. The van der Waals surface area contributed by atoms with E-state index in [0.717, 1.165) is 31.2 Å². The van der Waals surface area contributed by atoms with E-state index in [2.05, 4.69) is 4.90 Å². The molecule has 2 amide bonds. The second kappa shape index (κ2) is 15.3. The van der Waals surface area contributed by atoms with E-state index in [9.17, 15) is 14.4 Å². The molecule has 0 radical (unpaired) electrons. The number of ketones is 1. The Bertz CT molecular complexity index is 1410. The van der Waals surface area contributed by atoms with E-state index in [1.807, 2.05) is 42.3 Å². The minimum absolute atomic E-state index is 0.0939. The van der Waals surface area contributed by atoms with Crippen LogP contribution in [0, 0.1) is 0 Å². The average Bonchev–Trinajstić information content (AvgIpc) is 3.03. The number of carbonyl (C=O) groups is 3. The van der Waals surface area contributed by atoms with E-state index < -0.39 is 5.91 Å². The molecule has 0 spiro atoms. The summed E-state index contributed by atoms with van der Waals surface area (Å²) in [5.74, 6) is -0.190. The van der Waals surface area contributed by atoms with Crippen LogP contribution in [0.2, 0.25) is 0 Å². The molecular formula is C33H41N5O5. The number of anilines is 1. The first-order chi connectivity index (χ1) is 20.8. The fourth-order valence-corrected chi connectivity index (χ4v) is 4.97. The number of nitrogens with zero attached hydrogens (tertiary/aromatic N) is 3. The third-order valence-electron chi connectivity index (χ3n) is 7.48. The lowest BCUT2D eigenvalue weighted by Gasteiger charge is -2.32. The SMILES string of the molecule is CN1CCN(C(=O)CCCON(C)C(=O)c2ccc(C(=O)c3ccccc3OCCCN)c(N)c2-c2ccccc2)CC1. The number of rotatable bonds is 13. The molecule has 1 heterocycles. The summed E-state index contributed by atoms with van der Waals surface area (Å²) in [7, 11) is 3.58. The number of para-hydroxylation sites is 1. The molecule has 0 bridgehead atoms. The molecule has 0 aliphatic carbocycles. The monoisotopic (exact) mass is 587 g/mol. The van der Waals surface area contributed by atoms with Gasteiger partial charge in [-0.05, 0) is 56.3 Å². The minimum atomic E-state index is -0.416. The molecule has 3 aromatic rings. The summed E-state index contributed by atoms with van der Waals surface area (Å²) < 4.78 is 5.82. The van der Waals surface area contributed by atoms with Crippen molar-refractivity contribution < 1.29 is 24.0 Å². The van der Waals surface area contributed by atoms with Gasteiger partial charge in [0.15, 0.2) is 5.78 Å². The van der Waals surface area contributed by atoms with Gasteiger partial charge in [-0.1, -0.05) is 42.5 Å². The first-order valence-corrected chi connectivity index (χ1v) is 14.6. The summed E-state index contributed by atoms with van der Waals surface area (Å²) in [5, 5.41) is 1.16. The Labute approximate surface area is 253 Å². The molecule has 1 saturated heterocycles. The fraction of sp³-hybridized carbons (Fsp3) is 0.364. The van der Waals surface area contributed by atoms with Crippen molar-refractivity contribution in [2.24, 2.45) is 5.73 Å². The lowest BCUT2D eigenvalue weighted by molar-refractivity contribution is -0.135.